The van der Waals surface area contributed by atoms with Gasteiger partial charge in [0, 0.05) is 11.1 Å². The van der Waals surface area contributed by atoms with Crippen LogP contribution in [0.15, 0.2) is 48.5 Å². The monoisotopic (exact) mass is 390 g/mol. The second-order valence-corrected chi connectivity index (χ2v) is 7.63. The number of hydrogen-bond donors (Lipinski definition) is 1. The number of para-hydroxylation sites is 1. The Morgan fingerprint density at radius 3 is 2.66 bits per heavy atom. The number of primary amides is 1. The highest BCUT2D eigenvalue weighted by Gasteiger charge is 2.33. The average Bonchev–Trinajstić information content (AvgIpc) is 3.20. The van der Waals surface area contributed by atoms with E-state index in [2.05, 4.69) is 24.3 Å². The van der Waals surface area contributed by atoms with E-state index in [0.717, 1.165) is 47.8 Å². The number of rotatable bonds is 6. The summed E-state index contributed by atoms with van der Waals surface area (Å²) < 4.78 is 11.0. The van der Waals surface area contributed by atoms with Crippen LogP contribution in [0.2, 0.25) is 0 Å². The molecule has 4 rings (SSSR count). The van der Waals surface area contributed by atoms with Gasteiger partial charge in [0.25, 0.3) is 5.91 Å². The smallest absolute Gasteiger partial charge is 0.256 e. The number of fused-ring (bicyclic) bond motifs is 1. The van der Waals surface area contributed by atoms with Crippen molar-refractivity contribution >= 4 is 16.8 Å². The van der Waals surface area contributed by atoms with Crippen molar-refractivity contribution in [3.8, 4) is 11.5 Å². The Hall–Kier alpha value is -3.08. The second-order valence-electron chi connectivity index (χ2n) is 7.63. The van der Waals surface area contributed by atoms with Crippen LogP contribution in [0, 0.1) is 5.92 Å². The molecule has 1 fully saturated rings. The Morgan fingerprint density at radius 2 is 1.90 bits per heavy atom. The fourth-order valence-corrected chi connectivity index (χ4v) is 4.68. The van der Waals surface area contributed by atoms with Crippen LogP contribution in [0.1, 0.15) is 46.8 Å². The lowest BCUT2D eigenvalue weighted by atomic mass is 9.84. The number of nitrogens with zero attached hydrogens (tertiary/aromatic N) is 1. The molecule has 1 aromatic heterocycles. The molecule has 0 spiro atoms. The van der Waals surface area contributed by atoms with Crippen molar-refractivity contribution in [1.82, 2.24) is 4.98 Å². The number of pyridine rings is 1. The van der Waals surface area contributed by atoms with Gasteiger partial charge in [0.2, 0.25) is 0 Å². The first-order valence-corrected chi connectivity index (χ1v) is 10.0. The Bertz CT molecular complexity index is 1050. The van der Waals surface area contributed by atoms with Crippen LogP contribution in [-0.4, -0.2) is 25.1 Å². The maximum absolute atomic E-state index is 12.1. The summed E-state index contributed by atoms with van der Waals surface area (Å²) in [5, 5.41) is 1.15. The summed E-state index contributed by atoms with van der Waals surface area (Å²) in [5.41, 5.74) is 9.12. The molecule has 5 nitrogen and oxygen atoms in total. The zero-order valence-electron chi connectivity index (χ0n) is 16.9. The predicted octanol–water partition coefficient (Wildman–Crippen LogP) is 4.48. The number of amides is 1. The molecule has 3 aromatic rings. The number of benzene rings is 2. The highest BCUT2D eigenvalue weighted by atomic mass is 16.5. The SMILES string of the molecule is COc1ccc(C2CCCC2Cc2ccc3ccccc3n2)c(OC)c1C(N)=O. The van der Waals surface area contributed by atoms with E-state index in [1.807, 2.05) is 24.3 Å². The number of carbonyl (C=O) groups is 1. The summed E-state index contributed by atoms with van der Waals surface area (Å²) in [6.45, 7) is 0. The third-order valence-corrected chi connectivity index (χ3v) is 6.01. The molecular formula is C24H26N2O3. The fraction of sp³-hybridized carbons (Fsp3) is 0.333. The van der Waals surface area contributed by atoms with E-state index in [9.17, 15) is 4.79 Å². The van der Waals surface area contributed by atoms with Gasteiger partial charge in [0.05, 0.1) is 19.7 Å². The Labute approximate surface area is 170 Å². The van der Waals surface area contributed by atoms with Gasteiger partial charge >= 0.3 is 0 Å². The quantitative estimate of drug-likeness (QED) is 0.673. The van der Waals surface area contributed by atoms with Crippen LogP contribution in [0.25, 0.3) is 10.9 Å². The van der Waals surface area contributed by atoms with Gasteiger partial charge in [-0.1, -0.05) is 36.8 Å². The molecule has 1 amide bonds. The predicted molar refractivity (Wildman–Crippen MR) is 114 cm³/mol. The molecular weight excluding hydrogens is 364 g/mol. The van der Waals surface area contributed by atoms with E-state index < -0.39 is 5.91 Å². The zero-order valence-corrected chi connectivity index (χ0v) is 16.9. The summed E-state index contributed by atoms with van der Waals surface area (Å²) in [6, 6.07) is 16.3. The van der Waals surface area contributed by atoms with E-state index in [1.165, 1.54) is 7.11 Å². The van der Waals surface area contributed by atoms with E-state index in [1.54, 1.807) is 7.11 Å². The Morgan fingerprint density at radius 1 is 1.07 bits per heavy atom. The van der Waals surface area contributed by atoms with Crippen LogP contribution >= 0.6 is 0 Å². The summed E-state index contributed by atoms with van der Waals surface area (Å²) >= 11 is 0. The van der Waals surface area contributed by atoms with Crippen LogP contribution in [0.3, 0.4) is 0 Å². The molecule has 0 aliphatic heterocycles. The normalized spacial score (nSPS) is 18.7. The second kappa shape index (κ2) is 8.11. The van der Waals surface area contributed by atoms with Crippen molar-refractivity contribution in [3.63, 3.8) is 0 Å². The van der Waals surface area contributed by atoms with Gasteiger partial charge in [-0.15, -0.1) is 0 Å². The Kier molecular flexibility index (Phi) is 5.38. The van der Waals surface area contributed by atoms with Gasteiger partial charge in [-0.2, -0.15) is 0 Å². The summed E-state index contributed by atoms with van der Waals surface area (Å²) in [4.78, 5) is 16.9. The van der Waals surface area contributed by atoms with Gasteiger partial charge in [0.1, 0.15) is 17.1 Å². The third-order valence-electron chi connectivity index (χ3n) is 6.01. The molecule has 2 N–H and O–H groups in total. The minimum absolute atomic E-state index is 0.294. The molecule has 0 saturated heterocycles. The first kappa shape index (κ1) is 19.2. The lowest BCUT2D eigenvalue weighted by Gasteiger charge is -2.24. The maximum Gasteiger partial charge on any atom is 0.256 e. The van der Waals surface area contributed by atoms with E-state index >= 15 is 0 Å². The van der Waals surface area contributed by atoms with E-state index in [4.69, 9.17) is 20.2 Å². The molecule has 0 bridgehead atoms. The largest absolute Gasteiger partial charge is 0.496 e. The summed E-state index contributed by atoms with van der Waals surface area (Å²) in [7, 11) is 3.12. The van der Waals surface area contributed by atoms with Crippen molar-refractivity contribution in [3.05, 3.63) is 65.4 Å². The molecule has 1 aliphatic carbocycles. The lowest BCUT2D eigenvalue weighted by Crippen LogP contribution is -2.17. The maximum atomic E-state index is 12.1. The molecule has 1 saturated carbocycles. The number of methoxy groups -OCH3 is 2. The van der Waals surface area contributed by atoms with Crippen molar-refractivity contribution in [2.24, 2.45) is 11.7 Å². The molecule has 5 heteroatoms. The van der Waals surface area contributed by atoms with Gasteiger partial charge < -0.3 is 15.2 Å². The molecule has 2 unspecified atom stereocenters. The van der Waals surface area contributed by atoms with Gasteiger partial charge in [-0.25, -0.2) is 0 Å². The number of aromatic nitrogens is 1. The minimum atomic E-state index is -0.536. The topological polar surface area (TPSA) is 74.4 Å². The van der Waals surface area contributed by atoms with Crippen LogP contribution < -0.4 is 15.2 Å². The average molecular weight is 390 g/mol. The standard InChI is InChI=1S/C24H26N2O3/c1-28-21-13-12-19(23(29-2)22(21)24(25)27)18-8-5-7-16(18)14-17-11-10-15-6-3-4-9-20(15)26-17/h3-4,6,9-13,16,18H,5,7-8,14H2,1-2H3,(H2,25,27). The van der Waals surface area contributed by atoms with E-state index in [0.29, 0.717) is 28.9 Å². The highest BCUT2D eigenvalue weighted by molar-refractivity contribution is 5.99. The first-order chi connectivity index (χ1) is 14.1. The van der Waals surface area contributed by atoms with Crippen molar-refractivity contribution < 1.29 is 14.3 Å². The van der Waals surface area contributed by atoms with Gasteiger partial charge in [0.15, 0.2) is 0 Å². The zero-order chi connectivity index (χ0) is 20.4. The molecule has 0 radical (unpaired) electrons. The third kappa shape index (κ3) is 3.65. The fourth-order valence-electron chi connectivity index (χ4n) is 4.68. The lowest BCUT2D eigenvalue weighted by molar-refractivity contribution is 0.0994. The first-order valence-electron chi connectivity index (χ1n) is 10.0. The minimum Gasteiger partial charge on any atom is -0.496 e. The van der Waals surface area contributed by atoms with E-state index in [-0.39, 0.29) is 0 Å². The summed E-state index contributed by atoms with van der Waals surface area (Å²) in [5.74, 6) is 1.18. The van der Waals surface area contributed by atoms with Gasteiger partial charge in [-0.3, -0.25) is 9.78 Å². The van der Waals surface area contributed by atoms with Crippen molar-refractivity contribution in [1.29, 1.82) is 0 Å². The van der Waals surface area contributed by atoms with Crippen LogP contribution in [0.5, 0.6) is 11.5 Å². The highest BCUT2D eigenvalue weighted by Crippen LogP contribution is 2.46. The number of carbonyl (C=O) groups excluding carboxylic acids is 1. The molecule has 29 heavy (non-hydrogen) atoms. The molecule has 1 heterocycles. The molecule has 1 aliphatic rings. The van der Waals surface area contributed by atoms with Crippen molar-refractivity contribution in [2.75, 3.05) is 14.2 Å². The molecule has 150 valence electrons. The van der Waals surface area contributed by atoms with Crippen LogP contribution in [-0.2, 0) is 6.42 Å². The number of nitrogens with two attached hydrogens (primary N) is 1. The van der Waals surface area contributed by atoms with Crippen molar-refractivity contribution in [2.45, 2.75) is 31.6 Å². The number of hydrogen-bond acceptors (Lipinski definition) is 4. The number of ether oxygens (including phenoxy) is 2. The van der Waals surface area contributed by atoms with Crippen LogP contribution in [0.4, 0.5) is 0 Å². The molecule has 2 atom stereocenters. The molecule has 2 aromatic carbocycles. The van der Waals surface area contributed by atoms with Gasteiger partial charge in [-0.05, 0) is 54.9 Å². The summed E-state index contributed by atoms with van der Waals surface area (Å²) in [6.07, 6.45) is 4.22. The Balaban J connectivity index is 1.67.